The number of carbonyl (C=O) groups is 2. The van der Waals surface area contributed by atoms with Crippen molar-refractivity contribution in [1.82, 2.24) is 25.5 Å². The van der Waals surface area contributed by atoms with Crippen molar-refractivity contribution in [1.29, 1.82) is 0 Å². The number of anilines is 1. The van der Waals surface area contributed by atoms with Crippen LogP contribution in [0, 0.1) is 23.2 Å². The van der Waals surface area contributed by atoms with E-state index in [1.54, 1.807) is 0 Å². The quantitative estimate of drug-likeness (QED) is 0.748. The normalized spacial score (nSPS) is 30.9. The predicted octanol–water partition coefficient (Wildman–Crippen LogP) is 2.95. The summed E-state index contributed by atoms with van der Waals surface area (Å²) in [6, 6.07) is 7.92. The van der Waals surface area contributed by atoms with Crippen LogP contribution in [0.5, 0.6) is 0 Å². The molecule has 1 heterocycles. The van der Waals surface area contributed by atoms with E-state index in [9.17, 15) is 9.59 Å². The maximum Gasteiger partial charge on any atom is 0.243 e. The second kappa shape index (κ2) is 7.14. The molecular weight excluding hydrogens is 392 g/mol. The third-order valence-electron chi connectivity index (χ3n) is 7.72. The lowest BCUT2D eigenvalue weighted by molar-refractivity contribution is -0.146. The van der Waals surface area contributed by atoms with Gasteiger partial charge in [-0.1, -0.05) is 12.1 Å². The molecule has 31 heavy (non-hydrogen) atoms. The fraction of sp³-hybridized carbons (Fsp3) is 0.609. The Morgan fingerprint density at radius 1 is 1.06 bits per heavy atom. The number of tetrazole rings is 1. The largest absolute Gasteiger partial charge is 0.347 e. The van der Waals surface area contributed by atoms with Crippen LogP contribution < -0.4 is 10.6 Å². The molecule has 1 aromatic carbocycles. The van der Waals surface area contributed by atoms with Crippen molar-refractivity contribution in [2.75, 3.05) is 11.9 Å². The molecule has 5 aliphatic rings. The summed E-state index contributed by atoms with van der Waals surface area (Å²) >= 11 is 0. The maximum absolute atomic E-state index is 13.1. The van der Waals surface area contributed by atoms with Crippen molar-refractivity contribution in [3.05, 3.63) is 24.3 Å². The highest BCUT2D eigenvalue weighted by atomic mass is 16.2. The van der Waals surface area contributed by atoms with Gasteiger partial charge in [0.05, 0.1) is 12.6 Å². The van der Waals surface area contributed by atoms with Crippen LogP contribution in [-0.4, -0.2) is 38.6 Å². The number of hydrogen-bond donors (Lipinski definition) is 2. The number of aromatic nitrogens is 4. The van der Waals surface area contributed by atoms with Gasteiger partial charge in [-0.25, -0.2) is 4.68 Å². The molecule has 0 saturated heterocycles. The summed E-state index contributed by atoms with van der Waals surface area (Å²) in [6.07, 6.45) is 9.10. The van der Waals surface area contributed by atoms with E-state index in [0.717, 1.165) is 37.7 Å². The topological polar surface area (TPSA) is 102 Å². The summed E-state index contributed by atoms with van der Waals surface area (Å²) in [5.74, 6) is 2.71. The van der Waals surface area contributed by atoms with Crippen LogP contribution in [-0.2, 0) is 9.59 Å². The molecule has 162 valence electrons. The fourth-order valence-electron chi connectivity index (χ4n) is 6.63. The molecule has 2 amide bonds. The molecule has 0 atom stereocenters. The van der Waals surface area contributed by atoms with Crippen LogP contribution in [0.25, 0.3) is 11.4 Å². The average Bonchev–Trinajstić information content (AvgIpc) is 3.47. The zero-order valence-corrected chi connectivity index (χ0v) is 17.6. The summed E-state index contributed by atoms with van der Waals surface area (Å²) in [5, 5.41) is 17.9. The second-order valence-electron chi connectivity index (χ2n) is 10.2. The molecule has 1 aromatic heterocycles. The van der Waals surface area contributed by atoms with E-state index in [0.29, 0.717) is 35.3 Å². The Hall–Kier alpha value is -2.77. The van der Waals surface area contributed by atoms with E-state index in [1.807, 2.05) is 28.9 Å². The van der Waals surface area contributed by atoms with Gasteiger partial charge in [0.25, 0.3) is 0 Å². The molecular formula is C23H28N6O2. The average molecular weight is 421 g/mol. The third-order valence-corrected chi connectivity index (χ3v) is 7.72. The first-order chi connectivity index (χ1) is 15.1. The van der Waals surface area contributed by atoms with Gasteiger partial charge in [0.2, 0.25) is 11.8 Å². The van der Waals surface area contributed by atoms with E-state index in [2.05, 4.69) is 26.2 Å². The second-order valence-corrected chi connectivity index (χ2v) is 10.2. The summed E-state index contributed by atoms with van der Waals surface area (Å²) < 4.78 is 1.85. The van der Waals surface area contributed by atoms with Gasteiger partial charge in [0.15, 0.2) is 5.82 Å². The zero-order chi connectivity index (χ0) is 21.0. The minimum absolute atomic E-state index is 0.00459. The fourth-order valence-corrected chi connectivity index (χ4v) is 6.63. The molecule has 5 aliphatic carbocycles. The summed E-state index contributed by atoms with van der Waals surface area (Å²) in [4.78, 5) is 25.6. The SMILES string of the molecule is O=C(CNC(=O)C12CC3CC(CC(C3)C1)C2)Nc1cccc(-c2nnnn2C2CC2)c1. The van der Waals surface area contributed by atoms with Gasteiger partial charge >= 0.3 is 0 Å². The first-order valence-electron chi connectivity index (χ1n) is 11.5. The molecule has 4 bridgehead atoms. The number of carbonyl (C=O) groups excluding carboxylic acids is 2. The number of amides is 2. The lowest BCUT2D eigenvalue weighted by Gasteiger charge is -2.55. The van der Waals surface area contributed by atoms with Gasteiger partial charge in [-0.3, -0.25) is 9.59 Å². The van der Waals surface area contributed by atoms with Gasteiger partial charge in [-0.2, -0.15) is 0 Å². The first-order valence-corrected chi connectivity index (χ1v) is 11.5. The smallest absolute Gasteiger partial charge is 0.243 e. The molecule has 2 aromatic rings. The van der Waals surface area contributed by atoms with Crippen molar-refractivity contribution in [2.24, 2.45) is 23.2 Å². The van der Waals surface area contributed by atoms with E-state index >= 15 is 0 Å². The number of nitrogens with one attached hydrogen (secondary N) is 2. The Balaban J connectivity index is 1.09. The van der Waals surface area contributed by atoms with Gasteiger partial charge in [0, 0.05) is 16.7 Å². The molecule has 0 spiro atoms. The predicted molar refractivity (Wildman–Crippen MR) is 114 cm³/mol. The molecule has 8 heteroatoms. The van der Waals surface area contributed by atoms with Crippen molar-refractivity contribution in [3.63, 3.8) is 0 Å². The Morgan fingerprint density at radius 2 is 1.77 bits per heavy atom. The van der Waals surface area contributed by atoms with Crippen molar-refractivity contribution in [2.45, 2.75) is 57.4 Å². The van der Waals surface area contributed by atoms with Crippen LogP contribution in [0.4, 0.5) is 5.69 Å². The standard InChI is InChI=1S/C23H28N6O2/c30-20(13-24-22(31)23-10-14-6-15(11-23)8-16(7-14)12-23)25-18-3-1-2-17(9-18)21-26-27-28-29(21)19-4-5-19/h1-3,9,14-16,19H,4-8,10-13H2,(H,24,31)(H,25,30). The monoisotopic (exact) mass is 420 g/mol. The van der Waals surface area contributed by atoms with Crippen molar-refractivity contribution in [3.8, 4) is 11.4 Å². The van der Waals surface area contributed by atoms with Crippen molar-refractivity contribution < 1.29 is 9.59 Å². The summed E-state index contributed by atoms with van der Waals surface area (Å²) in [5.41, 5.74) is 1.32. The van der Waals surface area contributed by atoms with Gasteiger partial charge < -0.3 is 10.6 Å². The van der Waals surface area contributed by atoms with Crippen LogP contribution >= 0.6 is 0 Å². The van der Waals surface area contributed by atoms with Crippen LogP contribution in [0.3, 0.4) is 0 Å². The Kier molecular flexibility index (Phi) is 4.36. The summed E-state index contributed by atoms with van der Waals surface area (Å²) in [7, 11) is 0. The molecule has 0 aliphatic heterocycles. The first kappa shape index (κ1) is 19.0. The highest BCUT2D eigenvalue weighted by molar-refractivity contribution is 5.95. The molecule has 8 nitrogen and oxygen atoms in total. The van der Waals surface area contributed by atoms with Crippen molar-refractivity contribution >= 4 is 17.5 Å². The lowest BCUT2D eigenvalue weighted by atomic mass is 9.49. The van der Waals surface area contributed by atoms with Crippen LogP contribution in [0.1, 0.15) is 57.4 Å². The molecule has 2 N–H and O–H groups in total. The Bertz CT molecular complexity index is 991. The van der Waals surface area contributed by atoms with Gasteiger partial charge in [-0.15, -0.1) is 5.10 Å². The number of nitrogens with zero attached hydrogens (tertiary/aromatic N) is 4. The zero-order valence-electron chi connectivity index (χ0n) is 17.6. The summed E-state index contributed by atoms with van der Waals surface area (Å²) in [6.45, 7) is 0.00459. The minimum atomic E-state index is -0.227. The number of rotatable bonds is 6. The van der Waals surface area contributed by atoms with E-state index < -0.39 is 0 Å². The van der Waals surface area contributed by atoms with E-state index in [-0.39, 0.29) is 23.8 Å². The number of hydrogen-bond acceptors (Lipinski definition) is 5. The molecule has 0 unspecified atom stereocenters. The third kappa shape index (κ3) is 3.51. The molecule has 7 rings (SSSR count). The molecule has 5 saturated carbocycles. The highest BCUT2D eigenvalue weighted by Gasteiger charge is 2.54. The van der Waals surface area contributed by atoms with E-state index in [4.69, 9.17) is 0 Å². The Morgan fingerprint density at radius 3 is 2.45 bits per heavy atom. The van der Waals surface area contributed by atoms with Crippen LogP contribution in [0.15, 0.2) is 24.3 Å². The van der Waals surface area contributed by atoms with Crippen LogP contribution in [0.2, 0.25) is 0 Å². The van der Waals surface area contributed by atoms with Gasteiger partial charge in [-0.05, 0) is 91.7 Å². The number of benzene rings is 1. The minimum Gasteiger partial charge on any atom is -0.347 e. The lowest BCUT2D eigenvalue weighted by Crippen LogP contribution is -2.54. The molecule has 0 radical (unpaired) electrons. The Labute approximate surface area is 181 Å². The molecule has 5 fully saturated rings. The highest BCUT2D eigenvalue weighted by Crippen LogP contribution is 2.60. The maximum atomic E-state index is 13.1. The van der Waals surface area contributed by atoms with Gasteiger partial charge in [0.1, 0.15) is 0 Å². The van der Waals surface area contributed by atoms with E-state index in [1.165, 1.54) is 19.3 Å².